The summed E-state index contributed by atoms with van der Waals surface area (Å²) in [5, 5.41) is -1.44. The van der Waals surface area contributed by atoms with Gasteiger partial charge in [0.1, 0.15) is 13.2 Å². The molecule has 4 nitrogen and oxygen atoms in total. The number of hydrogen-bond donors (Lipinski definition) is 0. The normalized spacial score (nSPS) is 10.4. The highest BCUT2D eigenvalue weighted by Crippen LogP contribution is 2.38. The molecular formula is C22H16Cl2O4. The molecule has 0 spiro atoms. The Morgan fingerprint density at radius 2 is 0.964 bits per heavy atom. The summed E-state index contributed by atoms with van der Waals surface area (Å²) in [6.45, 7) is 0.333. The third-order valence-corrected chi connectivity index (χ3v) is 4.39. The van der Waals surface area contributed by atoms with Gasteiger partial charge in [0.15, 0.2) is 11.5 Å². The van der Waals surface area contributed by atoms with Crippen molar-refractivity contribution in [2.24, 2.45) is 0 Å². The van der Waals surface area contributed by atoms with Gasteiger partial charge in [-0.2, -0.15) is 0 Å². The predicted octanol–water partition coefficient (Wildman–Crippen LogP) is 5.60. The Labute approximate surface area is 172 Å². The van der Waals surface area contributed by atoms with E-state index >= 15 is 0 Å². The fraction of sp³-hybridized carbons (Fsp3) is 0.0909. The summed E-state index contributed by atoms with van der Waals surface area (Å²) in [5.41, 5.74) is 1.96. The van der Waals surface area contributed by atoms with Crippen molar-refractivity contribution in [3.63, 3.8) is 0 Å². The average Bonchev–Trinajstić information content (AvgIpc) is 2.71. The highest BCUT2D eigenvalue weighted by molar-refractivity contribution is 6.69. The van der Waals surface area contributed by atoms with Crippen LogP contribution in [0.25, 0.3) is 0 Å². The lowest BCUT2D eigenvalue weighted by Gasteiger charge is -2.17. The van der Waals surface area contributed by atoms with Crippen molar-refractivity contribution in [1.29, 1.82) is 0 Å². The zero-order chi connectivity index (χ0) is 19.9. The summed E-state index contributed by atoms with van der Waals surface area (Å²) in [5.74, 6) is 0.178. The van der Waals surface area contributed by atoms with Crippen molar-refractivity contribution >= 4 is 33.7 Å². The molecule has 28 heavy (non-hydrogen) atoms. The summed E-state index contributed by atoms with van der Waals surface area (Å²) in [6.07, 6.45) is 0. The van der Waals surface area contributed by atoms with Crippen molar-refractivity contribution in [1.82, 2.24) is 0 Å². The Morgan fingerprint density at radius 1 is 0.607 bits per heavy atom. The zero-order valence-corrected chi connectivity index (χ0v) is 16.2. The fourth-order valence-corrected chi connectivity index (χ4v) is 2.92. The van der Waals surface area contributed by atoms with Crippen molar-refractivity contribution in [3.8, 4) is 11.5 Å². The lowest BCUT2D eigenvalue weighted by molar-refractivity contribution is 0.106. The molecule has 0 bridgehead atoms. The monoisotopic (exact) mass is 414 g/mol. The first-order chi connectivity index (χ1) is 13.6. The first kappa shape index (κ1) is 19.9. The molecular weight excluding hydrogens is 399 g/mol. The van der Waals surface area contributed by atoms with Gasteiger partial charge in [-0.3, -0.25) is 9.59 Å². The van der Waals surface area contributed by atoms with E-state index in [0.717, 1.165) is 11.1 Å². The molecule has 0 heterocycles. The molecule has 0 N–H and O–H groups in total. The lowest BCUT2D eigenvalue weighted by atomic mass is 10.1. The standard InChI is InChI=1S/C22H16Cl2O4/c23-21(25)17-11-12-18(22(24)26)20(28-14-16-9-5-2-6-10-16)19(17)27-13-15-7-3-1-4-8-15/h1-12H,13-14H2. The van der Waals surface area contributed by atoms with Gasteiger partial charge >= 0.3 is 0 Å². The predicted molar refractivity (Wildman–Crippen MR) is 108 cm³/mol. The van der Waals surface area contributed by atoms with Crippen LogP contribution in [0.2, 0.25) is 0 Å². The number of hydrogen-bond acceptors (Lipinski definition) is 4. The Morgan fingerprint density at radius 3 is 1.29 bits per heavy atom. The maximum absolute atomic E-state index is 11.9. The van der Waals surface area contributed by atoms with Crippen LogP contribution in [-0.2, 0) is 13.2 Å². The van der Waals surface area contributed by atoms with E-state index in [-0.39, 0.29) is 35.8 Å². The maximum Gasteiger partial charge on any atom is 0.256 e. The van der Waals surface area contributed by atoms with Gasteiger partial charge in [-0.15, -0.1) is 0 Å². The molecule has 6 heteroatoms. The van der Waals surface area contributed by atoms with Crippen LogP contribution in [0, 0.1) is 0 Å². The third-order valence-electron chi connectivity index (χ3n) is 3.99. The molecule has 0 aliphatic heterocycles. The smallest absolute Gasteiger partial charge is 0.256 e. The molecule has 0 fully saturated rings. The Bertz CT molecular complexity index is 892. The first-order valence-corrected chi connectivity index (χ1v) is 9.22. The summed E-state index contributed by atoms with van der Waals surface area (Å²) in [7, 11) is 0. The maximum atomic E-state index is 11.9. The summed E-state index contributed by atoms with van der Waals surface area (Å²) >= 11 is 11.4. The molecule has 0 atom stereocenters. The molecule has 0 aromatic heterocycles. The van der Waals surface area contributed by atoms with E-state index in [1.165, 1.54) is 12.1 Å². The number of carbonyl (C=O) groups is 2. The van der Waals surface area contributed by atoms with Crippen LogP contribution >= 0.6 is 23.2 Å². The molecule has 0 saturated carbocycles. The topological polar surface area (TPSA) is 52.6 Å². The third kappa shape index (κ3) is 4.91. The number of carbonyl (C=O) groups excluding carboxylic acids is 2. The fourth-order valence-electron chi connectivity index (χ4n) is 2.62. The Balaban J connectivity index is 1.98. The van der Waals surface area contributed by atoms with E-state index in [1.54, 1.807) is 0 Å². The molecule has 0 amide bonds. The van der Waals surface area contributed by atoms with Crippen molar-refractivity contribution in [2.45, 2.75) is 13.2 Å². The van der Waals surface area contributed by atoms with Gasteiger partial charge in [0.05, 0.1) is 11.1 Å². The van der Waals surface area contributed by atoms with Gasteiger partial charge < -0.3 is 9.47 Å². The van der Waals surface area contributed by atoms with Gasteiger partial charge in [0, 0.05) is 0 Å². The van der Waals surface area contributed by atoms with Crippen molar-refractivity contribution < 1.29 is 19.1 Å². The van der Waals surface area contributed by atoms with Crippen LogP contribution in [0.15, 0.2) is 72.8 Å². The molecule has 142 valence electrons. The number of benzene rings is 3. The van der Waals surface area contributed by atoms with E-state index in [2.05, 4.69) is 0 Å². The van der Waals surface area contributed by atoms with E-state index in [4.69, 9.17) is 32.7 Å². The molecule has 0 aliphatic carbocycles. The van der Waals surface area contributed by atoms with Gasteiger partial charge in [0.2, 0.25) is 0 Å². The Kier molecular flexibility index (Phi) is 6.69. The summed E-state index contributed by atoms with van der Waals surface area (Å²) < 4.78 is 11.7. The van der Waals surface area contributed by atoms with Crippen LogP contribution in [0.4, 0.5) is 0 Å². The minimum Gasteiger partial charge on any atom is -0.484 e. The number of halogens is 2. The second-order valence-corrected chi connectivity index (χ2v) is 6.60. The highest BCUT2D eigenvalue weighted by Gasteiger charge is 2.23. The van der Waals surface area contributed by atoms with Crippen LogP contribution in [-0.4, -0.2) is 10.5 Å². The minimum absolute atomic E-state index is 0.0892. The van der Waals surface area contributed by atoms with E-state index in [0.29, 0.717) is 0 Å². The van der Waals surface area contributed by atoms with Crippen LogP contribution < -0.4 is 9.47 Å². The largest absolute Gasteiger partial charge is 0.484 e. The average molecular weight is 415 g/mol. The van der Waals surface area contributed by atoms with Crippen LogP contribution in [0.5, 0.6) is 11.5 Å². The number of rotatable bonds is 8. The van der Waals surface area contributed by atoms with Gasteiger partial charge in [-0.05, 0) is 46.5 Å². The van der Waals surface area contributed by atoms with E-state index in [1.807, 2.05) is 60.7 Å². The second-order valence-electron chi connectivity index (χ2n) is 5.91. The number of ether oxygens (including phenoxy) is 2. The highest BCUT2D eigenvalue weighted by atomic mass is 35.5. The molecule has 3 rings (SSSR count). The lowest BCUT2D eigenvalue weighted by Crippen LogP contribution is -2.08. The van der Waals surface area contributed by atoms with Gasteiger partial charge in [0.25, 0.3) is 10.5 Å². The minimum atomic E-state index is -0.721. The molecule has 0 aliphatic rings. The summed E-state index contributed by atoms with van der Waals surface area (Å²) in [4.78, 5) is 23.8. The Hall–Kier alpha value is -2.82. The first-order valence-electron chi connectivity index (χ1n) is 8.46. The van der Waals surface area contributed by atoms with Gasteiger partial charge in [-0.1, -0.05) is 60.7 Å². The zero-order valence-electron chi connectivity index (χ0n) is 14.7. The van der Waals surface area contributed by atoms with Crippen molar-refractivity contribution in [2.75, 3.05) is 0 Å². The van der Waals surface area contributed by atoms with Gasteiger partial charge in [-0.25, -0.2) is 0 Å². The molecule has 0 unspecified atom stereocenters. The quantitative estimate of drug-likeness (QED) is 0.450. The SMILES string of the molecule is O=C(Cl)c1ccc(C(=O)Cl)c(OCc2ccccc2)c1OCc1ccccc1. The molecule has 3 aromatic rings. The second kappa shape index (κ2) is 9.40. The van der Waals surface area contributed by atoms with E-state index < -0.39 is 10.5 Å². The molecule has 0 saturated heterocycles. The molecule has 3 aromatic carbocycles. The van der Waals surface area contributed by atoms with Crippen molar-refractivity contribution in [3.05, 3.63) is 95.1 Å². The van der Waals surface area contributed by atoms with Crippen LogP contribution in [0.3, 0.4) is 0 Å². The van der Waals surface area contributed by atoms with Crippen LogP contribution in [0.1, 0.15) is 31.8 Å². The van der Waals surface area contributed by atoms with E-state index in [9.17, 15) is 9.59 Å². The summed E-state index contributed by atoms with van der Waals surface area (Å²) in [6, 6.07) is 21.6. The molecule has 0 radical (unpaired) electrons.